The molecule has 26 heavy (non-hydrogen) atoms. The first-order valence-corrected chi connectivity index (χ1v) is 9.68. The average Bonchev–Trinajstić information content (AvgIpc) is 2.58. The van der Waals surface area contributed by atoms with Crippen LogP contribution in [-0.4, -0.2) is 51.0 Å². The summed E-state index contributed by atoms with van der Waals surface area (Å²) in [6.07, 6.45) is 2.14. The fraction of sp³-hybridized carbons (Fsp3) is 0.562. The van der Waals surface area contributed by atoms with E-state index in [0.29, 0.717) is 18.4 Å². The lowest BCUT2D eigenvalue weighted by Crippen LogP contribution is -2.42. The van der Waals surface area contributed by atoms with Gasteiger partial charge in [-0.2, -0.15) is 13.2 Å². The Hall–Kier alpha value is -1.97. The van der Waals surface area contributed by atoms with E-state index in [1.54, 1.807) is 0 Å². The number of benzene rings is 1. The molecule has 0 aliphatic carbocycles. The third-order valence-electron chi connectivity index (χ3n) is 4.18. The van der Waals surface area contributed by atoms with Crippen molar-refractivity contribution in [2.75, 3.05) is 26.2 Å². The maximum atomic E-state index is 12.5. The molecule has 0 amide bonds. The summed E-state index contributed by atoms with van der Waals surface area (Å²) in [7, 11) is -5.35. The molecular weight excluding hydrogens is 371 g/mol. The quantitative estimate of drug-likeness (QED) is 0.472. The van der Waals surface area contributed by atoms with Crippen LogP contribution in [0.1, 0.15) is 19.8 Å². The molecule has 0 atom stereocenters. The molecule has 2 rings (SSSR count). The van der Waals surface area contributed by atoms with Gasteiger partial charge in [0.15, 0.2) is 5.96 Å². The first-order chi connectivity index (χ1) is 12.1. The molecule has 1 aromatic carbocycles. The van der Waals surface area contributed by atoms with E-state index in [1.807, 2.05) is 4.90 Å². The minimum Gasteiger partial charge on any atom is -0.492 e. The van der Waals surface area contributed by atoms with Crippen molar-refractivity contribution in [2.45, 2.75) is 30.2 Å². The highest BCUT2D eigenvalue weighted by molar-refractivity contribution is 7.92. The van der Waals surface area contributed by atoms with Crippen LogP contribution in [0.15, 0.2) is 34.2 Å². The van der Waals surface area contributed by atoms with Crippen molar-refractivity contribution in [2.24, 2.45) is 16.6 Å². The highest BCUT2D eigenvalue weighted by Gasteiger charge is 2.46. The summed E-state index contributed by atoms with van der Waals surface area (Å²) in [4.78, 5) is 5.42. The Morgan fingerprint density at radius 3 is 2.38 bits per heavy atom. The second kappa shape index (κ2) is 8.15. The number of piperidine rings is 1. The monoisotopic (exact) mass is 393 g/mol. The Morgan fingerprint density at radius 1 is 1.27 bits per heavy atom. The summed E-state index contributed by atoms with van der Waals surface area (Å²) >= 11 is 0. The van der Waals surface area contributed by atoms with E-state index in [0.717, 1.165) is 38.1 Å². The predicted octanol–water partition coefficient (Wildman–Crippen LogP) is 2.41. The summed E-state index contributed by atoms with van der Waals surface area (Å²) in [5.41, 5.74) is 0.603. The van der Waals surface area contributed by atoms with E-state index in [2.05, 4.69) is 11.9 Å². The van der Waals surface area contributed by atoms with E-state index in [1.165, 1.54) is 12.1 Å². The first-order valence-electron chi connectivity index (χ1n) is 8.20. The van der Waals surface area contributed by atoms with Gasteiger partial charge in [0.25, 0.3) is 9.84 Å². The molecule has 1 fully saturated rings. The molecule has 1 aliphatic rings. The Labute approximate surface area is 150 Å². The summed E-state index contributed by atoms with van der Waals surface area (Å²) < 4.78 is 65.3. The smallest absolute Gasteiger partial charge is 0.492 e. The molecule has 0 radical (unpaired) electrons. The van der Waals surface area contributed by atoms with Crippen LogP contribution in [0.5, 0.6) is 5.75 Å². The minimum atomic E-state index is -5.35. The van der Waals surface area contributed by atoms with Gasteiger partial charge < -0.3 is 15.4 Å². The number of hydrogen-bond donors (Lipinski definition) is 1. The first kappa shape index (κ1) is 20.3. The lowest BCUT2D eigenvalue weighted by molar-refractivity contribution is -0.0436. The highest BCUT2D eigenvalue weighted by Crippen LogP contribution is 2.30. The molecule has 1 aromatic rings. The van der Waals surface area contributed by atoms with Gasteiger partial charge in [-0.15, -0.1) is 0 Å². The summed E-state index contributed by atoms with van der Waals surface area (Å²) in [6, 6.07) is 4.09. The van der Waals surface area contributed by atoms with Crippen LogP contribution in [0.25, 0.3) is 0 Å². The van der Waals surface area contributed by atoms with Crippen LogP contribution in [0, 0.1) is 5.92 Å². The molecule has 1 saturated heterocycles. The van der Waals surface area contributed by atoms with Gasteiger partial charge in [-0.05, 0) is 43.0 Å². The number of ether oxygens (including phenoxy) is 1. The van der Waals surface area contributed by atoms with Crippen molar-refractivity contribution >= 4 is 15.8 Å². The van der Waals surface area contributed by atoms with Gasteiger partial charge in [0.2, 0.25) is 0 Å². The zero-order chi connectivity index (χ0) is 19.4. The third-order valence-corrected chi connectivity index (χ3v) is 5.68. The molecule has 0 spiro atoms. The number of aliphatic imine (C=N–C) groups is 1. The number of guanidine groups is 1. The van der Waals surface area contributed by atoms with E-state index in [4.69, 9.17) is 10.5 Å². The van der Waals surface area contributed by atoms with E-state index >= 15 is 0 Å². The summed E-state index contributed by atoms with van der Waals surface area (Å²) in [6.45, 7) is 4.40. The number of rotatable bonds is 5. The van der Waals surface area contributed by atoms with E-state index in [9.17, 15) is 21.6 Å². The zero-order valence-corrected chi connectivity index (χ0v) is 15.2. The molecule has 146 valence electrons. The van der Waals surface area contributed by atoms with Crippen molar-refractivity contribution in [3.63, 3.8) is 0 Å². The molecule has 0 bridgehead atoms. The van der Waals surface area contributed by atoms with Crippen LogP contribution < -0.4 is 10.5 Å². The van der Waals surface area contributed by atoms with Crippen LogP contribution in [0.2, 0.25) is 0 Å². The van der Waals surface area contributed by atoms with Crippen LogP contribution in [0.4, 0.5) is 13.2 Å². The lowest BCUT2D eigenvalue weighted by atomic mass is 10.00. The van der Waals surface area contributed by atoms with Crippen LogP contribution >= 0.6 is 0 Å². The van der Waals surface area contributed by atoms with Gasteiger partial charge in [-0.3, -0.25) is 0 Å². The maximum absolute atomic E-state index is 12.5. The van der Waals surface area contributed by atoms with Gasteiger partial charge in [0.05, 0.1) is 11.4 Å². The second-order valence-corrected chi connectivity index (χ2v) is 8.12. The molecule has 10 heteroatoms. The molecule has 0 saturated carbocycles. The number of sulfone groups is 1. The zero-order valence-electron chi connectivity index (χ0n) is 14.4. The molecular formula is C16H22F3N3O3S. The molecule has 0 aromatic heterocycles. The number of nitrogens with two attached hydrogens (primary N) is 1. The number of halogens is 3. The topological polar surface area (TPSA) is 85.0 Å². The normalized spacial score (nSPS) is 17.4. The average molecular weight is 393 g/mol. The number of alkyl halides is 3. The van der Waals surface area contributed by atoms with Crippen molar-refractivity contribution in [1.82, 2.24) is 4.90 Å². The minimum absolute atomic E-state index is 0.177. The van der Waals surface area contributed by atoms with E-state index < -0.39 is 20.2 Å². The summed E-state index contributed by atoms with van der Waals surface area (Å²) in [5.74, 6) is 1.39. The standard InChI is InChI=1S/C16H22F3N3O3S/c1-12-6-9-22(10-7-12)15(20)21-8-11-25-13-2-4-14(5-3-13)26(23,24)16(17,18)19/h2-5,12H,6-11H2,1H3,(H2,20,21). The molecule has 0 unspecified atom stereocenters. The predicted molar refractivity (Wildman–Crippen MR) is 91.6 cm³/mol. The lowest BCUT2D eigenvalue weighted by Gasteiger charge is -2.31. The number of hydrogen-bond acceptors (Lipinski definition) is 4. The van der Waals surface area contributed by atoms with Gasteiger partial charge in [-0.25, -0.2) is 13.4 Å². The second-order valence-electron chi connectivity index (χ2n) is 6.18. The van der Waals surface area contributed by atoms with E-state index in [-0.39, 0.29) is 12.4 Å². The number of likely N-dealkylation sites (tertiary alicyclic amines) is 1. The molecule has 1 aliphatic heterocycles. The van der Waals surface area contributed by atoms with Crippen LogP contribution in [-0.2, 0) is 9.84 Å². The summed E-state index contributed by atoms with van der Waals surface area (Å²) in [5, 5.41) is 0. The van der Waals surface area contributed by atoms with Gasteiger partial charge >= 0.3 is 5.51 Å². The Bertz CT molecular complexity index is 725. The third kappa shape index (κ3) is 5.03. The van der Waals surface area contributed by atoms with Gasteiger partial charge in [0, 0.05) is 13.1 Å². The fourth-order valence-corrected chi connectivity index (χ4v) is 3.27. The maximum Gasteiger partial charge on any atom is 0.501 e. The van der Waals surface area contributed by atoms with Crippen LogP contribution in [0.3, 0.4) is 0 Å². The molecule has 1 heterocycles. The number of nitrogens with zero attached hydrogens (tertiary/aromatic N) is 2. The Morgan fingerprint density at radius 2 is 1.85 bits per heavy atom. The van der Waals surface area contributed by atoms with Crippen molar-refractivity contribution in [3.8, 4) is 5.75 Å². The SMILES string of the molecule is CC1CCN(C(N)=NCCOc2ccc(S(=O)(=O)C(F)(F)F)cc2)CC1. The Kier molecular flexibility index (Phi) is 6.38. The van der Waals surface area contributed by atoms with Crippen molar-refractivity contribution in [3.05, 3.63) is 24.3 Å². The molecule has 6 nitrogen and oxygen atoms in total. The van der Waals surface area contributed by atoms with Crippen molar-refractivity contribution < 1.29 is 26.3 Å². The fourth-order valence-electron chi connectivity index (χ4n) is 2.51. The Balaban J connectivity index is 1.84. The highest BCUT2D eigenvalue weighted by atomic mass is 32.2. The van der Waals surface area contributed by atoms with Crippen molar-refractivity contribution in [1.29, 1.82) is 0 Å². The largest absolute Gasteiger partial charge is 0.501 e. The van der Waals surface area contributed by atoms with Gasteiger partial charge in [0.1, 0.15) is 12.4 Å². The van der Waals surface area contributed by atoms with Gasteiger partial charge in [-0.1, -0.05) is 6.92 Å². The molecule has 2 N–H and O–H groups in total.